The fraction of sp³-hybridized carbons (Fsp3) is 0. The Balaban J connectivity index is 2.61. The molecule has 0 atom stereocenters. The second-order valence-corrected chi connectivity index (χ2v) is 2.95. The molecule has 0 aliphatic heterocycles. The standard InChI is InChI=1S/C10H6N4/c1-2-8-10(13-4-3-12-8)9-7(1)5-11-6-14-9/h1-6H. The zero-order valence-corrected chi connectivity index (χ0v) is 7.25. The third-order valence-electron chi connectivity index (χ3n) is 2.11. The van der Waals surface area contributed by atoms with Crippen LogP contribution in [0.3, 0.4) is 0 Å². The number of fused-ring (bicyclic) bond motifs is 3. The lowest BCUT2D eigenvalue weighted by Gasteiger charge is -1.99. The molecule has 0 saturated carbocycles. The maximum absolute atomic E-state index is 4.26. The summed E-state index contributed by atoms with van der Waals surface area (Å²) >= 11 is 0. The fourth-order valence-corrected chi connectivity index (χ4v) is 1.48. The largest absolute Gasteiger partial charge is 0.253 e. The van der Waals surface area contributed by atoms with Crippen molar-refractivity contribution in [1.29, 1.82) is 0 Å². The smallest absolute Gasteiger partial charge is 0.116 e. The van der Waals surface area contributed by atoms with E-state index in [1.54, 1.807) is 18.6 Å². The highest BCUT2D eigenvalue weighted by Crippen LogP contribution is 2.18. The van der Waals surface area contributed by atoms with E-state index in [9.17, 15) is 0 Å². The van der Waals surface area contributed by atoms with Crippen LogP contribution in [0.4, 0.5) is 0 Å². The van der Waals surface area contributed by atoms with E-state index in [0.29, 0.717) is 0 Å². The molecule has 2 heterocycles. The molecular formula is C10H6N4. The summed E-state index contributed by atoms with van der Waals surface area (Å²) in [6.07, 6.45) is 6.64. The van der Waals surface area contributed by atoms with Gasteiger partial charge in [0, 0.05) is 24.0 Å². The first kappa shape index (κ1) is 7.32. The average molecular weight is 182 g/mol. The van der Waals surface area contributed by atoms with E-state index >= 15 is 0 Å². The Morgan fingerprint density at radius 3 is 2.79 bits per heavy atom. The number of rotatable bonds is 0. The quantitative estimate of drug-likeness (QED) is 0.495. The summed E-state index contributed by atoms with van der Waals surface area (Å²) in [5, 5.41) is 0.987. The van der Waals surface area contributed by atoms with Crippen LogP contribution < -0.4 is 0 Å². The van der Waals surface area contributed by atoms with Crippen LogP contribution in [0, 0.1) is 0 Å². The summed E-state index contributed by atoms with van der Waals surface area (Å²) in [5.41, 5.74) is 2.54. The van der Waals surface area contributed by atoms with Crippen molar-refractivity contribution in [3.8, 4) is 0 Å². The average Bonchev–Trinajstić information content (AvgIpc) is 2.29. The summed E-state index contributed by atoms with van der Waals surface area (Å²) in [7, 11) is 0. The summed E-state index contributed by atoms with van der Waals surface area (Å²) in [6.45, 7) is 0. The fourth-order valence-electron chi connectivity index (χ4n) is 1.48. The Bertz CT molecular complexity index is 551. The van der Waals surface area contributed by atoms with Crippen molar-refractivity contribution < 1.29 is 0 Å². The highest BCUT2D eigenvalue weighted by atomic mass is 14.8. The van der Waals surface area contributed by atoms with Gasteiger partial charge in [-0.2, -0.15) is 0 Å². The van der Waals surface area contributed by atoms with Crippen LogP contribution in [0.25, 0.3) is 21.9 Å². The third-order valence-corrected chi connectivity index (χ3v) is 2.11. The van der Waals surface area contributed by atoms with Gasteiger partial charge < -0.3 is 0 Å². The zero-order valence-electron chi connectivity index (χ0n) is 7.25. The van der Waals surface area contributed by atoms with Crippen molar-refractivity contribution in [3.05, 3.63) is 37.1 Å². The molecule has 2 aromatic heterocycles. The monoisotopic (exact) mass is 182 g/mol. The lowest BCUT2D eigenvalue weighted by Crippen LogP contribution is -1.87. The summed E-state index contributed by atoms with van der Waals surface area (Å²) in [5.74, 6) is 0. The number of hydrogen-bond acceptors (Lipinski definition) is 4. The second-order valence-electron chi connectivity index (χ2n) is 2.95. The predicted molar refractivity (Wildman–Crippen MR) is 52.6 cm³/mol. The molecule has 0 amide bonds. The first-order valence-corrected chi connectivity index (χ1v) is 4.24. The van der Waals surface area contributed by atoms with Gasteiger partial charge in [0.1, 0.15) is 17.4 Å². The summed E-state index contributed by atoms with van der Waals surface area (Å²) in [6, 6.07) is 3.88. The van der Waals surface area contributed by atoms with Crippen molar-refractivity contribution in [2.75, 3.05) is 0 Å². The molecule has 3 rings (SSSR count). The van der Waals surface area contributed by atoms with E-state index in [0.717, 1.165) is 21.9 Å². The third kappa shape index (κ3) is 0.939. The van der Waals surface area contributed by atoms with Crippen molar-refractivity contribution in [2.45, 2.75) is 0 Å². The second kappa shape index (κ2) is 2.70. The first-order valence-electron chi connectivity index (χ1n) is 4.24. The molecule has 0 spiro atoms. The van der Waals surface area contributed by atoms with Gasteiger partial charge in [-0.25, -0.2) is 9.97 Å². The minimum Gasteiger partial charge on any atom is -0.253 e. The lowest BCUT2D eigenvalue weighted by atomic mass is 10.2. The van der Waals surface area contributed by atoms with Crippen molar-refractivity contribution in [1.82, 2.24) is 19.9 Å². The van der Waals surface area contributed by atoms with Gasteiger partial charge in [-0.1, -0.05) is 0 Å². The molecule has 0 saturated heterocycles. The van der Waals surface area contributed by atoms with Crippen LogP contribution >= 0.6 is 0 Å². The van der Waals surface area contributed by atoms with Crippen LogP contribution in [0.15, 0.2) is 37.1 Å². The molecule has 4 nitrogen and oxygen atoms in total. The SMILES string of the molecule is c1cnc2c(ccc3cncnc32)n1. The minimum absolute atomic E-state index is 0.826. The topological polar surface area (TPSA) is 51.6 Å². The van der Waals surface area contributed by atoms with E-state index in [1.807, 2.05) is 12.1 Å². The van der Waals surface area contributed by atoms with Gasteiger partial charge in [-0.15, -0.1) is 0 Å². The normalized spacial score (nSPS) is 10.9. The van der Waals surface area contributed by atoms with Crippen LogP contribution in [-0.2, 0) is 0 Å². The summed E-state index contributed by atoms with van der Waals surface area (Å²) < 4.78 is 0. The van der Waals surface area contributed by atoms with E-state index in [4.69, 9.17) is 0 Å². The Labute approximate surface area is 79.7 Å². The van der Waals surface area contributed by atoms with Gasteiger partial charge in [0.15, 0.2) is 0 Å². The minimum atomic E-state index is 0.826. The lowest BCUT2D eigenvalue weighted by molar-refractivity contribution is 1.21. The number of hydrogen-bond donors (Lipinski definition) is 0. The molecule has 14 heavy (non-hydrogen) atoms. The molecule has 0 radical (unpaired) electrons. The van der Waals surface area contributed by atoms with Crippen LogP contribution in [0.5, 0.6) is 0 Å². The number of nitrogens with zero attached hydrogens (tertiary/aromatic N) is 4. The molecule has 3 aromatic rings. The van der Waals surface area contributed by atoms with E-state index in [1.165, 1.54) is 6.33 Å². The molecule has 0 bridgehead atoms. The molecule has 0 fully saturated rings. The van der Waals surface area contributed by atoms with Crippen molar-refractivity contribution in [2.24, 2.45) is 0 Å². The molecule has 0 aliphatic carbocycles. The van der Waals surface area contributed by atoms with Crippen LogP contribution in [-0.4, -0.2) is 19.9 Å². The van der Waals surface area contributed by atoms with Gasteiger partial charge in [0.05, 0.1) is 5.52 Å². The molecule has 0 N–H and O–H groups in total. The van der Waals surface area contributed by atoms with E-state index < -0.39 is 0 Å². The molecule has 66 valence electrons. The molecule has 1 aromatic carbocycles. The van der Waals surface area contributed by atoms with Gasteiger partial charge in [-0.3, -0.25) is 9.97 Å². The maximum Gasteiger partial charge on any atom is 0.116 e. The van der Waals surface area contributed by atoms with Gasteiger partial charge >= 0.3 is 0 Å². The maximum atomic E-state index is 4.26. The van der Waals surface area contributed by atoms with Crippen LogP contribution in [0.2, 0.25) is 0 Å². The highest BCUT2D eigenvalue weighted by Gasteiger charge is 2.01. The Kier molecular flexibility index (Phi) is 1.41. The zero-order chi connectivity index (χ0) is 9.38. The Morgan fingerprint density at radius 2 is 1.79 bits per heavy atom. The molecular weight excluding hydrogens is 176 g/mol. The van der Waals surface area contributed by atoms with Gasteiger partial charge in [0.2, 0.25) is 0 Å². The van der Waals surface area contributed by atoms with E-state index in [2.05, 4.69) is 19.9 Å². The highest BCUT2D eigenvalue weighted by molar-refractivity contribution is 6.00. The Hall–Kier alpha value is -2.10. The molecule has 4 heteroatoms. The number of benzene rings is 1. The first-order chi connectivity index (χ1) is 6.95. The van der Waals surface area contributed by atoms with Crippen molar-refractivity contribution >= 4 is 21.9 Å². The number of aromatic nitrogens is 4. The van der Waals surface area contributed by atoms with Crippen molar-refractivity contribution in [3.63, 3.8) is 0 Å². The molecule has 0 unspecified atom stereocenters. The molecule has 0 aliphatic rings. The summed E-state index contributed by atoms with van der Waals surface area (Å²) in [4.78, 5) is 16.6. The van der Waals surface area contributed by atoms with Gasteiger partial charge in [-0.05, 0) is 12.1 Å². The Morgan fingerprint density at radius 1 is 0.857 bits per heavy atom. The van der Waals surface area contributed by atoms with Gasteiger partial charge in [0.25, 0.3) is 0 Å². The predicted octanol–water partition coefficient (Wildman–Crippen LogP) is 1.57. The van der Waals surface area contributed by atoms with Crippen LogP contribution in [0.1, 0.15) is 0 Å². The van der Waals surface area contributed by atoms with E-state index in [-0.39, 0.29) is 0 Å².